The molecule has 0 amide bonds. The maximum atomic E-state index is 6.20. The molecule has 2 aromatic rings. The van der Waals surface area contributed by atoms with Crippen LogP contribution in [0.25, 0.3) is 0 Å². The normalized spacial score (nSPS) is 12.5. The van der Waals surface area contributed by atoms with Crippen LogP contribution in [0.15, 0.2) is 39.4 Å². The third-order valence-electron chi connectivity index (χ3n) is 2.55. The lowest BCUT2D eigenvalue weighted by atomic mass is 10.0. The molecular weight excluding hydrogens is 417 g/mol. The number of hydrogen-bond acceptors (Lipinski definition) is 3. The van der Waals surface area contributed by atoms with E-state index >= 15 is 0 Å². The molecule has 3 N–H and O–H groups in total. The van der Waals surface area contributed by atoms with Crippen molar-refractivity contribution >= 4 is 55.1 Å². The molecule has 0 bridgehead atoms. The fraction of sp³-hybridized carbons (Fsp3) is 0.0833. The minimum atomic E-state index is -0.353. The summed E-state index contributed by atoms with van der Waals surface area (Å²) in [5, 5.41) is 1.16. The molecule has 0 saturated carbocycles. The lowest BCUT2D eigenvalue weighted by Gasteiger charge is -2.19. The maximum absolute atomic E-state index is 6.20. The van der Waals surface area contributed by atoms with E-state index in [1.807, 2.05) is 6.07 Å². The Bertz CT molecular complexity index is 608. The minimum absolute atomic E-state index is 0.353. The monoisotopic (exact) mass is 423 g/mol. The van der Waals surface area contributed by atoms with Gasteiger partial charge in [-0.15, -0.1) is 0 Å². The molecular formula is C12H9Br2Cl2N3. The van der Waals surface area contributed by atoms with Gasteiger partial charge in [0.15, 0.2) is 0 Å². The van der Waals surface area contributed by atoms with Crippen molar-refractivity contribution in [2.75, 3.05) is 0 Å². The fourth-order valence-electron chi connectivity index (χ4n) is 1.69. The van der Waals surface area contributed by atoms with Gasteiger partial charge in [0.25, 0.3) is 0 Å². The average molecular weight is 426 g/mol. The number of halogens is 4. The summed E-state index contributed by atoms with van der Waals surface area (Å²) in [6.07, 6.45) is 1.70. The van der Waals surface area contributed by atoms with Crippen molar-refractivity contribution in [1.29, 1.82) is 0 Å². The number of nitrogens with zero attached hydrogens (tertiary/aromatic N) is 1. The topological polar surface area (TPSA) is 50.9 Å². The van der Waals surface area contributed by atoms with Crippen molar-refractivity contribution in [3.63, 3.8) is 0 Å². The molecule has 0 aliphatic rings. The first kappa shape index (κ1) is 15.2. The fourth-order valence-corrected chi connectivity index (χ4v) is 3.31. The van der Waals surface area contributed by atoms with Crippen molar-refractivity contribution in [2.45, 2.75) is 6.04 Å². The van der Waals surface area contributed by atoms with E-state index < -0.39 is 0 Å². The molecule has 3 nitrogen and oxygen atoms in total. The van der Waals surface area contributed by atoms with Crippen LogP contribution in [0.5, 0.6) is 0 Å². The average Bonchev–Trinajstić information content (AvgIpc) is 2.36. The van der Waals surface area contributed by atoms with E-state index in [0.29, 0.717) is 10.0 Å². The molecule has 0 saturated heterocycles. The molecule has 0 spiro atoms. The van der Waals surface area contributed by atoms with Gasteiger partial charge >= 0.3 is 0 Å². The number of pyridine rings is 1. The van der Waals surface area contributed by atoms with Gasteiger partial charge in [-0.25, -0.2) is 5.43 Å². The van der Waals surface area contributed by atoms with Gasteiger partial charge in [0, 0.05) is 25.2 Å². The van der Waals surface area contributed by atoms with E-state index in [4.69, 9.17) is 29.0 Å². The summed E-state index contributed by atoms with van der Waals surface area (Å²) < 4.78 is 1.69. The second kappa shape index (κ2) is 6.52. The second-order valence-corrected chi connectivity index (χ2v) is 6.40. The van der Waals surface area contributed by atoms with E-state index in [9.17, 15) is 0 Å². The highest BCUT2D eigenvalue weighted by Crippen LogP contribution is 2.33. The van der Waals surface area contributed by atoms with E-state index in [2.05, 4.69) is 42.3 Å². The highest BCUT2D eigenvalue weighted by molar-refractivity contribution is 9.11. The van der Waals surface area contributed by atoms with Gasteiger partial charge < -0.3 is 0 Å². The first-order valence-electron chi connectivity index (χ1n) is 5.25. The van der Waals surface area contributed by atoms with E-state index in [1.54, 1.807) is 24.4 Å². The van der Waals surface area contributed by atoms with Gasteiger partial charge in [0.1, 0.15) is 0 Å². The van der Waals surface area contributed by atoms with Crippen LogP contribution >= 0.6 is 55.1 Å². The third kappa shape index (κ3) is 3.48. The molecule has 1 aromatic carbocycles. The van der Waals surface area contributed by atoms with Crippen molar-refractivity contribution < 1.29 is 0 Å². The van der Waals surface area contributed by atoms with Crippen LogP contribution in [0, 0.1) is 0 Å². The van der Waals surface area contributed by atoms with Gasteiger partial charge in [-0.2, -0.15) is 0 Å². The number of nitrogens with one attached hydrogen (secondary N) is 1. The van der Waals surface area contributed by atoms with Gasteiger partial charge in [0.05, 0.1) is 11.7 Å². The summed E-state index contributed by atoms with van der Waals surface area (Å²) in [4.78, 5) is 4.36. The lowest BCUT2D eigenvalue weighted by molar-refractivity contribution is 0.618. The highest BCUT2D eigenvalue weighted by atomic mass is 79.9. The largest absolute Gasteiger partial charge is 0.271 e. The van der Waals surface area contributed by atoms with Gasteiger partial charge in [-0.1, -0.05) is 23.2 Å². The van der Waals surface area contributed by atoms with Crippen LogP contribution in [-0.4, -0.2) is 4.98 Å². The van der Waals surface area contributed by atoms with Crippen LogP contribution in [0.4, 0.5) is 0 Å². The summed E-state index contributed by atoms with van der Waals surface area (Å²) in [5.74, 6) is 5.64. The first-order chi connectivity index (χ1) is 9.02. The van der Waals surface area contributed by atoms with Crippen molar-refractivity contribution in [1.82, 2.24) is 10.4 Å². The Morgan fingerprint density at radius 1 is 1.21 bits per heavy atom. The Balaban J connectivity index is 2.52. The summed E-state index contributed by atoms with van der Waals surface area (Å²) in [7, 11) is 0. The summed E-state index contributed by atoms with van der Waals surface area (Å²) in [6, 6.07) is 6.77. The second-order valence-electron chi connectivity index (χ2n) is 3.79. The number of hydrazine groups is 1. The summed E-state index contributed by atoms with van der Waals surface area (Å²) in [6.45, 7) is 0. The lowest BCUT2D eigenvalue weighted by Crippen LogP contribution is -2.30. The number of hydrogen-bond donors (Lipinski definition) is 2. The van der Waals surface area contributed by atoms with Gasteiger partial charge in [0.2, 0.25) is 0 Å². The maximum Gasteiger partial charge on any atom is 0.0907 e. The Kier molecular flexibility index (Phi) is 5.22. The Morgan fingerprint density at radius 3 is 2.58 bits per heavy atom. The summed E-state index contributed by atoms with van der Waals surface area (Å²) >= 11 is 19.0. The standard InChI is InChI=1S/C12H9Br2Cl2N3/c13-6-3-9(14)12(18-5-6)11(19-17)8-4-7(15)1-2-10(8)16/h1-5,11,19H,17H2. The first-order valence-corrected chi connectivity index (χ1v) is 7.59. The van der Waals surface area contributed by atoms with Gasteiger partial charge in [-0.05, 0) is 61.7 Å². The van der Waals surface area contributed by atoms with Crippen molar-refractivity contribution in [3.05, 3.63) is 60.7 Å². The van der Waals surface area contributed by atoms with Crippen molar-refractivity contribution in [3.8, 4) is 0 Å². The van der Waals surface area contributed by atoms with Crippen LogP contribution in [0.3, 0.4) is 0 Å². The molecule has 100 valence electrons. The predicted octanol–water partition coefficient (Wildman–Crippen LogP) is 4.47. The van der Waals surface area contributed by atoms with Crippen molar-refractivity contribution in [2.24, 2.45) is 5.84 Å². The molecule has 0 fully saturated rings. The zero-order valence-corrected chi connectivity index (χ0v) is 14.2. The molecule has 1 aromatic heterocycles. The number of nitrogens with two attached hydrogens (primary N) is 1. The van der Waals surface area contributed by atoms with Crippen LogP contribution in [0.1, 0.15) is 17.3 Å². The molecule has 7 heteroatoms. The smallest absolute Gasteiger partial charge is 0.0907 e. The number of benzene rings is 1. The van der Waals surface area contributed by atoms with Gasteiger partial charge in [-0.3, -0.25) is 10.8 Å². The molecule has 1 unspecified atom stereocenters. The molecule has 2 rings (SSSR count). The number of aromatic nitrogens is 1. The van der Waals surface area contributed by atoms with Crippen LogP contribution < -0.4 is 11.3 Å². The molecule has 1 heterocycles. The molecule has 0 aliphatic heterocycles. The molecule has 0 aliphatic carbocycles. The molecule has 1 atom stereocenters. The van der Waals surface area contributed by atoms with E-state index in [0.717, 1.165) is 20.2 Å². The quantitative estimate of drug-likeness (QED) is 0.563. The zero-order valence-electron chi connectivity index (χ0n) is 9.50. The molecule has 19 heavy (non-hydrogen) atoms. The van der Waals surface area contributed by atoms with E-state index in [1.165, 1.54) is 0 Å². The van der Waals surface area contributed by atoms with Crippen LogP contribution in [-0.2, 0) is 0 Å². The van der Waals surface area contributed by atoms with Crippen LogP contribution in [0.2, 0.25) is 10.0 Å². The Morgan fingerprint density at radius 2 is 1.95 bits per heavy atom. The number of rotatable bonds is 3. The Labute approximate surface area is 137 Å². The minimum Gasteiger partial charge on any atom is -0.271 e. The third-order valence-corrected chi connectivity index (χ3v) is 4.19. The zero-order chi connectivity index (χ0) is 14.0. The SMILES string of the molecule is NNC(c1cc(Cl)ccc1Cl)c1ncc(Br)cc1Br. The summed E-state index contributed by atoms with van der Waals surface area (Å²) in [5.41, 5.74) is 4.21. The Hall–Kier alpha value is -0.170. The molecule has 0 radical (unpaired) electrons. The predicted molar refractivity (Wildman–Crippen MR) is 85.3 cm³/mol. The highest BCUT2D eigenvalue weighted by Gasteiger charge is 2.20. The van der Waals surface area contributed by atoms with E-state index in [-0.39, 0.29) is 6.04 Å².